The van der Waals surface area contributed by atoms with Crippen molar-refractivity contribution in [1.82, 2.24) is 0 Å². The van der Waals surface area contributed by atoms with E-state index in [2.05, 4.69) is 11.4 Å². The molecule has 1 aromatic rings. The molecule has 0 bridgehead atoms. The topological polar surface area (TPSA) is 62.1 Å². The Kier molecular flexibility index (Phi) is 3.87. The van der Waals surface area contributed by atoms with Crippen LogP contribution in [0, 0.1) is 23.2 Å². The maximum atomic E-state index is 12.3. The molecule has 1 heterocycles. The predicted octanol–water partition coefficient (Wildman–Crippen LogP) is 2.56. The Balaban J connectivity index is 2.11. The van der Waals surface area contributed by atoms with Gasteiger partial charge in [-0.2, -0.15) is 5.26 Å². The lowest BCUT2D eigenvalue weighted by Gasteiger charge is -2.18. The largest absolute Gasteiger partial charge is 0.374 e. The highest BCUT2D eigenvalue weighted by Crippen LogP contribution is 2.33. The van der Waals surface area contributed by atoms with E-state index in [4.69, 9.17) is 10.00 Å². The molecule has 1 amide bonds. The van der Waals surface area contributed by atoms with Crippen LogP contribution in [0.25, 0.3) is 0 Å². The van der Waals surface area contributed by atoms with Gasteiger partial charge in [0.15, 0.2) is 0 Å². The molecule has 2 rings (SSSR count). The van der Waals surface area contributed by atoms with E-state index in [1.54, 1.807) is 24.3 Å². The van der Waals surface area contributed by atoms with Crippen LogP contribution in [0.2, 0.25) is 0 Å². The highest BCUT2D eigenvalue weighted by Gasteiger charge is 2.41. The van der Waals surface area contributed by atoms with Gasteiger partial charge in [0.2, 0.25) is 5.91 Å². The number of anilines is 1. The third-order valence-corrected chi connectivity index (χ3v) is 3.80. The Labute approximate surface area is 113 Å². The summed E-state index contributed by atoms with van der Waals surface area (Å²) in [5, 5.41) is 11.7. The van der Waals surface area contributed by atoms with Crippen molar-refractivity contribution in [2.24, 2.45) is 11.8 Å². The molecule has 0 aromatic heterocycles. The van der Waals surface area contributed by atoms with Gasteiger partial charge in [0.25, 0.3) is 0 Å². The van der Waals surface area contributed by atoms with Gasteiger partial charge < -0.3 is 10.1 Å². The van der Waals surface area contributed by atoms with Gasteiger partial charge in [-0.25, -0.2) is 0 Å². The smallest absolute Gasteiger partial charge is 0.230 e. The minimum atomic E-state index is -0.152. The Hall–Kier alpha value is -1.86. The molecule has 1 fully saturated rings. The van der Waals surface area contributed by atoms with E-state index in [9.17, 15) is 4.79 Å². The third kappa shape index (κ3) is 2.77. The van der Waals surface area contributed by atoms with E-state index in [0.717, 1.165) is 0 Å². The van der Waals surface area contributed by atoms with Crippen molar-refractivity contribution in [2.45, 2.75) is 33.0 Å². The highest BCUT2D eigenvalue weighted by molar-refractivity contribution is 5.93. The summed E-state index contributed by atoms with van der Waals surface area (Å²) in [6.45, 7) is 5.95. The third-order valence-electron chi connectivity index (χ3n) is 3.80. The first-order valence-corrected chi connectivity index (χ1v) is 6.49. The second-order valence-electron chi connectivity index (χ2n) is 5.11. The number of nitrogens with zero attached hydrogens (tertiary/aromatic N) is 1. The number of nitrogens with one attached hydrogen (secondary N) is 1. The molecule has 4 atom stereocenters. The van der Waals surface area contributed by atoms with Crippen LogP contribution in [0.3, 0.4) is 0 Å². The summed E-state index contributed by atoms with van der Waals surface area (Å²) in [4.78, 5) is 12.3. The van der Waals surface area contributed by atoms with Crippen molar-refractivity contribution in [3.8, 4) is 6.07 Å². The Morgan fingerprint density at radius 3 is 2.63 bits per heavy atom. The fourth-order valence-electron chi connectivity index (χ4n) is 2.61. The summed E-state index contributed by atoms with van der Waals surface area (Å²) in [6, 6.07) is 8.99. The van der Waals surface area contributed by atoms with Gasteiger partial charge in [0, 0.05) is 5.69 Å². The summed E-state index contributed by atoms with van der Waals surface area (Å²) in [7, 11) is 0. The maximum Gasteiger partial charge on any atom is 0.230 e. The lowest BCUT2D eigenvalue weighted by atomic mass is 9.89. The van der Waals surface area contributed by atoms with Crippen molar-refractivity contribution in [3.05, 3.63) is 29.8 Å². The zero-order chi connectivity index (χ0) is 14.0. The van der Waals surface area contributed by atoms with Gasteiger partial charge >= 0.3 is 0 Å². The SMILES string of the molecule is CC1OC(C)C(C(=O)Nc2cccc(C#N)c2)C1C. The molecule has 4 heteroatoms. The molecule has 1 aliphatic rings. The number of hydrogen-bond acceptors (Lipinski definition) is 3. The zero-order valence-corrected chi connectivity index (χ0v) is 11.4. The molecule has 1 saturated heterocycles. The fraction of sp³-hybridized carbons (Fsp3) is 0.467. The average Bonchev–Trinajstić information content (AvgIpc) is 2.63. The van der Waals surface area contributed by atoms with Gasteiger partial charge in [0.05, 0.1) is 29.8 Å². The number of carbonyl (C=O) groups excluding carboxylic acids is 1. The number of amides is 1. The fourth-order valence-corrected chi connectivity index (χ4v) is 2.61. The summed E-state index contributed by atoms with van der Waals surface area (Å²) >= 11 is 0. The Morgan fingerprint density at radius 2 is 2.05 bits per heavy atom. The molecule has 4 unspecified atom stereocenters. The molecule has 1 aromatic carbocycles. The minimum Gasteiger partial charge on any atom is -0.374 e. The molecule has 1 aliphatic heterocycles. The summed E-state index contributed by atoms with van der Waals surface area (Å²) in [5.74, 6) is -0.00525. The first kappa shape index (κ1) is 13.6. The molecule has 1 N–H and O–H groups in total. The van der Waals surface area contributed by atoms with Gasteiger partial charge in [-0.1, -0.05) is 13.0 Å². The second-order valence-corrected chi connectivity index (χ2v) is 5.11. The first-order valence-electron chi connectivity index (χ1n) is 6.49. The van der Waals surface area contributed by atoms with E-state index in [-0.39, 0.29) is 30.0 Å². The lowest BCUT2D eigenvalue weighted by molar-refractivity contribution is -0.121. The van der Waals surface area contributed by atoms with Crippen LogP contribution in [-0.4, -0.2) is 18.1 Å². The number of carbonyl (C=O) groups is 1. The number of rotatable bonds is 2. The predicted molar refractivity (Wildman–Crippen MR) is 72.4 cm³/mol. The van der Waals surface area contributed by atoms with Crippen molar-refractivity contribution in [1.29, 1.82) is 5.26 Å². The van der Waals surface area contributed by atoms with Crippen LogP contribution >= 0.6 is 0 Å². The van der Waals surface area contributed by atoms with Gasteiger partial charge in [-0.05, 0) is 38.0 Å². The normalized spacial score (nSPS) is 29.8. The molecule has 0 aliphatic carbocycles. The molecular formula is C15H18N2O2. The van der Waals surface area contributed by atoms with Crippen LogP contribution in [-0.2, 0) is 9.53 Å². The summed E-state index contributed by atoms with van der Waals surface area (Å²) in [6.07, 6.45) is 0.0142. The molecule has 4 nitrogen and oxygen atoms in total. The monoisotopic (exact) mass is 258 g/mol. The zero-order valence-electron chi connectivity index (χ0n) is 11.4. The van der Waals surface area contributed by atoms with E-state index in [1.807, 2.05) is 20.8 Å². The number of nitriles is 1. The van der Waals surface area contributed by atoms with E-state index < -0.39 is 0 Å². The minimum absolute atomic E-state index is 0.0422. The molecule has 0 spiro atoms. The maximum absolute atomic E-state index is 12.3. The lowest BCUT2D eigenvalue weighted by Crippen LogP contribution is -2.31. The van der Waals surface area contributed by atoms with Gasteiger partial charge in [-0.15, -0.1) is 0 Å². The van der Waals surface area contributed by atoms with E-state index >= 15 is 0 Å². The van der Waals surface area contributed by atoms with Crippen LogP contribution in [0.4, 0.5) is 5.69 Å². The second kappa shape index (κ2) is 5.41. The first-order chi connectivity index (χ1) is 9.02. The molecule has 0 saturated carbocycles. The molecular weight excluding hydrogens is 240 g/mol. The summed E-state index contributed by atoms with van der Waals surface area (Å²) in [5.41, 5.74) is 1.19. The van der Waals surface area contributed by atoms with E-state index in [0.29, 0.717) is 11.3 Å². The van der Waals surface area contributed by atoms with E-state index in [1.165, 1.54) is 0 Å². The van der Waals surface area contributed by atoms with Crippen molar-refractivity contribution < 1.29 is 9.53 Å². The van der Waals surface area contributed by atoms with Crippen LogP contribution < -0.4 is 5.32 Å². The molecule has 100 valence electrons. The van der Waals surface area contributed by atoms with Gasteiger partial charge in [0.1, 0.15) is 0 Å². The summed E-state index contributed by atoms with van der Waals surface area (Å²) < 4.78 is 5.68. The standard InChI is InChI=1S/C15H18N2O2/c1-9-10(2)19-11(3)14(9)15(18)17-13-6-4-5-12(7-13)8-16/h4-7,9-11,14H,1-3H3,(H,17,18). The quantitative estimate of drug-likeness (QED) is 0.886. The average molecular weight is 258 g/mol. The van der Waals surface area contributed by atoms with Crippen molar-refractivity contribution in [3.63, 3.8) is 0 Å². The Bertz CT molecular complexity index is 521. The highest BCUT2D eigenvalue weighted by atomic mass is 16.5. The molecule has 19 heavy (non-hydrogen) atoms. The Morgan fingerprint density at radius 1 is 1.32 bits per heavy atom. The number of ether oxygens (including phenoxy) is 1. The molecule has 0 radical (unpaired) electrons. The van der Waals surface area contributed by atoms with Gasteiger partial charge in [-0.3, -0.25) is 4.79 Å². The van der Waals surface area contributed by atoms with Crippen LogP contribution in [0.5, 0.6) is 0 Å². The van der Waals surface area contributed by atoms with Crippen molar-refractivity contribution in [2.75, 3.05) is 5.32 Å². The number of benzene rings is 1. The van der Waals surface area contributed by atoms with Crippen molar-refractivity contribution >= 4 is 11.6 Å². The van der Waals surface area contributed by atoms with Crippen LogP contribution in [0.15, 0.2) is 24.3 Å². The van der Waals surface area contributed by atoms with Crippen LogP contribution in [0.1, 0.15) is 26.3 Å². The number of hydrogen-bond donors (Lipinski definition) is 1.